The van der Waals surface area contributed by atoms with E-state index in [4.69, 9.17) is 31.3 Å². The number of aromatic hydroxyl groups is 2. The largest absolute Gasteiger partial charge is 0.508 e. The summed E-state index contributed by atoms with van der Waals surface area (Å²) in [6, 6.07) is 27.9. The first-order chi connectivity index (χ1) is 25.3. The number of hydroxylamine groups is 1. The highest BCUT2D eigenvalue weighted by Crippen LogP contribution is 2.57. The standard InChI is InChI=1S/C39H36N4O8S/c44-26-13-16-31-34(21-26)49-35-22-27(45)14-17-32(35)39(31)30-15-12-25(20-29(30)36(46)51-39)43-37(52)41-23-42-48-19-6-2-1-5-18-40-38(47)50-33-11-7-9-24-8-3-4-10-28(24)33/h3-4,7-17,20-22,42,44-45H,1-2,5-6,18-19,23H2,(H,40,47)(H2,41,43,52). The number of fused-ring (bicyclic) bond motifs is 7. The van der Waals surface area contributed by atoms with Gasteiger partial charge in [-0.25, -0.2) is 9.59 Å². The van der Waals surface area contributed by atoms with Gasteiger partial charge >= 0.3 is 12.1 Å². The molecular weight excluding hydrogens is 685 g/mol. The molecule has 0 fully saturated rings. The van der Waals surface area contributed by atoms with Crippen LogP contribution >= 0.6 is 12.2 Å². The third-order valence-electron chi connectivity index (χ3n) is 8.85. The number of carbonyl (C=O) groups is 2. The van der Waals surface area contributed by atoms with Gasteiger partial charge in [-0.3, -0.25) is 0 Å². The molecule has 0 saturated heterocycles. The van der Waals surface area contributed by atoms with Gasteiger partial charge in [-0.1, -0.05) is 55.3 Å². The van der Waals surface area contributed by atoms with Crippen LogP contribution in [0.2, 0.25) is 0 Å². The molecule has 0 saturated carbocycles. The number of carbonyl (C=O) groups excluding carboxylic acids is 2. The van der Waals surface area contributed by atoms with Crippen molar-refractivity contribution in [1.82, 2.24) is 16.1 Å². The molecule has 0 radical (unpaired) electrons. The van der Waals surface area contributed by atoms with Crippen LogP contribution in [0.15, 0.2) is 97.1 Å². The van der Waals surface area contributed by atoms with Gasteiger partial charge in [-0.05, 0) is 72.9 Å². The van der Waals surface area contributed by atoms with Crippen LogP contribution in [0.3, 0.4) is 0 Å². The van der Waals surface area contributed by atoms with Crippen LogP contribution < -0.4 is 30.9 Å². The van der Waals surface area contributed by atoms with E-state index in [0.29, 0.717) is 63.5 Å². The molecule has 0 unspecified atom stereocenters. The summed E-state index contributed by atoms with van der Waals surface area (Å²) in [6.45, 7) is 1.28. The van der Waals surface area contributed by atoms with Crippen molar-refractivity contribution in [2.24, 2.45) is 0 Å². The highest BCUT2D eigenvalue weighted by Gasteiger charge is 2.53. The van der Waals surface area contributed by atoms with E-state index in [1.165, 1.54) is 24.3 Å². The summed E-state index contributed by atoms with van der Waals surface area (Å²) < 4.78 is 17.6. The Kier molecular flexibility index (Phi) is 10.1. The van der Waals surface area contributed by atoms with Gasteiger partial charge < -0.3 is 45.2 Å². The summed E-state index contributed by atoms with van der Waals surface area (Å²) in [5, 5.41) is 31.4. The number of anilines is 1. The predicted octanol–water partition coefficient (Wildman–Crippen LogP) is 6.93. The van der Waals surface area contributed by atoms with E-state index in [1.807, 2.05) is 36.4 Å². The van der Waals surface area contributed by atoms with E-state index >= 15 is 0 Å². The number of amides is 1. The summed E-state index contributed by atoms with van der Waals surface area (Å²) in [4.78, 5) is 31.1. The van der Waals surface area contributed by atoms with Gasteiger partial charge in [0.15, 0.2) is 10.7 Å². The molecule has 5 aromatic rings. The van der Waals surface area contributed by atoms with Crippen LogP contribution in [-0.2, 0) is 15.2 Å². The SMILES string of the molecule is O=C(NCCCCCCONCNC(=S)Nc1ccc2c(c1)C(=O)OC21c2ccc(O)cc2Oc2cc(O)ccc21)Oc1cccc2ccccc12. The zero-order valence-corrected chi connectivity index (χ0v) is 28.8. The molecule has 7 rings (SSSR count). The number of phenolic OH excluding ortho intramolecular Hbond substituents is 2. The molecule has 0 atom stereocenters. The molecule has 52 heavy (non-hydrogen) atoms. The lowest BCUT2D eigenvalue weighted by atomic mass is 9.77. The van der Waals surface area contributed by atoms with Crippen LogP contribution in [0.1, 0.15) is 52.7 Å². The zero-order chi connectivity index (χ0) is 36.1. The minimum absolute atomic E-state index is 0.0124. The lowest BCUT2D eigenvalue weighted by molar-refractivity contribution is 0.0224. The number of benzene rings is 5. The average molecular weight is 721 g/mol. The number of ether oxygens (including phenoxy) is 3. The number of thiocarbonyl (C=S) groups is 1. The maximum absolute atomic E-state index is 13.3. The van der Waals surface area contributed by atoms with Crippen molar-refractivity contribution < 1.29 is 38.9 Å². The second-order valence-corrected chi connectivity index (χ2v) is 12.7. The Labute approximate surface area is 304 Å². The lowest BCUT2D eigenvalue weighted by Gasteiger charge is -2.36. The van der Waals surface area contributed by atoms with Crippen molar-refractivity contribution in [3.8, 4) is 28.7 Å². The number of rotatable bonds is 12. The molecule has 2 aliphatic rings. The van der Waals surface area contributed by atoms with E-state index in [2.05, 4.69) is 21.4 Å². The van der Waals surface area contributed by atoms with Crippen LogP contribution in [-0.4, -0.2) is 47.2 Å². The van der Waals surface area contributed by atoms with E-state index in [1.54, 1.807) is 36.4 Å². The average Bonchev–Trinajstić information content (AvgIpc) is 3.41. The van der Waals surface area contributed by atoms with Gasteiger partial charge in [0, 0.05) is 46.4 Å². The molecule has 1 spiro atoms. The minimum Gasteiger partial charge on any atom is -0.508 e. The zero-order valence-electron chi connectivity index (χ0n) is 27.9. The predicted molar refractivity (Wildman–Crippen MR) is 198 cm³/mol. The highest BCUT2D eigenvalue weighted by molar-refractivity contribution is 7.80. The minimum atomic E-state index is -1.33. The van der Waals surface area contributed by atoms with Crippen LogP contribution in [0.4, 0.5) is 10.5 Å². The number of phenols is 2. The number of hydrogen-bond donors (Lipinski definition) is 6. The monoisotopic (exact) mass is 720 g/mol. The van der Waals surface area contributed by atoms with Crippen molar-refractivity contribution in [3.05, 3.63) is 119 Å². The maximum atomic E-state index is 13.3. The molecule has 2 aliphatic heterocycles. The second kappa shape index (κ2) is 15.2. The van der Waals surface area contributed by atoms with Gasteiger partial charge in [0.2, 0.25) is 0 Å². The Bertz CT molecular complexity index is 2100. The Morgan fingerprint density at radius 2 is 1.50 bits per heavy atom. The van der Waals surface area contributed by atoms with Gasteiger partial charge in [0.25, 0.3) is 0 Å². The molecular formula is C39H36N4O8S. The molecule has 0 aliphatic carbocycles. The van der Waals surface area contributed by atoms with Crippen molar-refractivity contribution in [1.29, 1.82) is 0 Å². The fourth-order valence-corrected chi connectivity index (χ4v) is 6.65. The normalized spacial score (nSPS) is 13.3. The van der Waals surface area contributed by atoms with E-state index in [0.717, 1.165) is 36.5 Å². The highest BCUT2D eigenvalue weighted by atomic mass is 32.1. The summed E-state index contributed by atoms with van der Waals surface area (Å²) in [5.41, 5.74) is 4.10. The number of esters is 1. The molecule has 266 valence electrons. The van der Waals surface area contributed by atoms with Gasteiger partial charge in [-0.15, -0.1) is 0 Å². The summed E-state index contributed by atoms with van der Waals surface area (Å²) in [5.74, 6) is 0.596. The second-order valence-electron chi connectivity index (χ2n) is 12.3. The maximum Gasteiger partial charge on any atom is 0.412 e. The Morgan fingerprint density at radius 1 is 0.788 bits per heavy atom. The first-order valence-electron chi connectivity index (χ1n) is 16.9. The first-order valence-corrected chi connectivity index (χ1v) is 17.3. The Balaban J connectivity index is 0.824. The van der Waals surface area contributed by atoms with Gasteiger partial charge in [0.05, 0.1) is 18.8 Å². The smallest absolute Gasteiger partial charge is 0.412 e. The fraction of sp³-hybridized carbons (Fsp3) is 0.205. The van der Waals surface area contributed by atoms with E-state index in [-0.39, 0.29) is 18.2 Å². The molecule has 1 amide bonds. The number of hydrogen-bond acceptors (Lipinski definition) is 10. The summed E-state index contributed by atoms with van der Waals surface area (Å²) in [6.07, 6.45) is 3.07. The van der Waals surface area contributed by atoms with E-state index in [9.17, 15) is 19.8 Å². The fourth-order valence-electron chi connectivity index (χ4n) is 6.46. The molecule has 12 nitrogen and oxygen atoms in total. The van der Waals surface area contributed by atoms with E-state index < -0.39 is 17.7 Å². The molecule has 2 heterocycles. The van der Waals surface area contributed by atoms with Gasteiger partial charge in [-0.2, -0.15) is 5.48 Å². The number of nitrogens with one attached hydrogen (secondary N) is 4. The van der Waals surface area contributed by atoms with Crippen molar-refractivity contribution in [2.75, 3.05) is 25.1 Å². The lowest BCUT2D eigenvalue weighted by Crippen LogP contribution is -2.36. The molecule has 6 N–H and O–H groups in total. The topological polar surface area (TPSA) is 160 Å². The Morgan fingerprint density at radius 3 is 2.29 bits per heavy atom. The molecule has 5 aromatic carbocycles. The van der Waals surface area contributed by atoms with Crippen molar-refractivity contribution in [2.45, 2.75) is 31.3 Å². The quantitative estimate of drug-likeness (QED) is 0.0260. The van der Waals surface area contributed by atoms with Crippen LogP contribution in [0.5, 0.6) is 28.7 Å². The van der Waals surface area contributed by atoms with Gasteiger partial charge in [0.1, 0.15) is 28.7 Å². The third kappa shape index (κ3) is 7.15. The molecule has 0 aromatic heterocycles. The summed E-state index contributed by atoms with van der Waals surface area (Å²) in [7, 11) is 0. The van der Waals surface area contributed by atoms with Crippen molar-refractivity contribution >= 4 is 45.9 Å². The van der Waals surface area contributed by atoms with Crippen LogP contribution in [0.25, 0.3) is 10.8 Å². The third-order valence-corrected chi connectivity index (χ3v) is 9.10. The molecule has 0 bridgehead atoms. The van der Waals surface area contributed by atoms with Crippen molar-refractivity contribution in [3.63, 3.8) is 0 Å². The number of unbranched alkanes of at least 4 members (excludes halogenated alkanes) is 3. The Hall–Kier alpha value is -5.89. The summed E-state index contributed by atoms with van der Waals surface area (Å²) >= 11 is 5.44. The van der Waals surface area contributed by atoms with Crippen LogP contribution in [0, 0.1) is 0 Å². The molecule has 13 heteroatoms. The first kappa shape index (κ1) is 34.6.